The second-order valence-corrected chi connectivity index (χ2v) is 8.37. The Labute approximate surface area is 166 Å². The van der Waals surface area contributed by atoms with Gasteiger partial charge in [-0.25, -0.2) is 14.1 Å². The Kier molecular flexibility index (Phi) is 5.05. The molecule has 3 heterocycles. The van der Waals surface area contributed by atoms with Crippen LogP contribution in [0.25, 0.3) is 5.52 Å². The summed E-state index contributed by atoms with van der Waals surface area (Å²) in [6.45, 7) is 1.48. The van der Waals surface area contributed by atoms with Gasteiger partial charge in [0, 0.05) is 6.42 Å². The fraction of sp³-hybridized carbons (Fsp3) is 0.333. The van der Waals surface area contributed by atoms with Crippen molar-refractivity contribution in [3.63, 3.8) is 0 Å². The Hall–Kier alpha value is -2.49. The standard InChI is InChI=1S/C18H21N4O6P/c1-18(16-8-7-13-17(19)20-11-21-22(13)16)9-14(23)15(27-18)10-26-29(24,25)28-12-5-3-2-4-6-12/h2-8,11,14-15,23H,9-10H2,1H3,(H,24,25)(H2,19,20,21)/t14-,15+,18?/m0/s1. The molecule has 1 aromatic carbocycles. The molecule has 2 aromatic heterocycles. The van der Waals surface area contributed by atoms with Gasteiger partial charge in [-0.15, -0.1) is 0 Å². The fourth-order valence-electron chi connectivity index (χ4n) is 3.46. The highest BCUT2D eigenvalue weighted by atomic mass is 31.2. The molecule has 0 bridgehead atoms. The van der Waals surface area contributed by atoms with E-state index in [4.69, 9.17) is 19.5 Å². The zero-order valence-corrected chi connectivity index (χ0v) is 16.5. The molecule has 11 heteroatoms. The van der Waals surface area contributed by atoms with E-state index in [1.807, 2.05) is 0 Å². The van der Waals surface area contributed by atoms with Gasteiger partial charge in [-0.05, 0) is 31.2 Å². The van der Waals surface area contributed by atoms with Gasteiger partial charge in [-0.3, -0.25) is 9.42 Å². The van der Waals surface area contributed by atoms with Crippen LogP contribution in [0.15, 0.2) is 48.8 Å². The number of phosphoric ester groups is 1. The molecule has 0 amide bonds. The summed E-state index contributed by atoms with van der Waals surface area (Å²) in [6.07, 6.45) is -0.165. The molecule has 4 rings (SSSR count). The average molecular weight is 420 g/mol. The Morgan fingerprint density at radius 3 is 2.86 bits per heavy atom. The predicted molar refractivity (Wildman–Crippen MR) is 103 cm³/mol. The summed E-state index contributed by atoms with van der Waals surface area (Å²) in [7, 11) is -4.37. The summed E-state index contributed by atoms with van der Waals surface area (Å²) in [6, 6.07) is 11.7. The van der Waals surface area contributed by atoms with Crippen LogP contribution in [0.5, 0.6) is 5.75 Å². The first-order chi connectivity index (χ1) is 13.8. The molecule has 4 N–H and O–H groups in total. The lowest BCUT2D eigenvalue weighted by molar-refractivity contribution is -0.0681. The number of anilines is 1. The molecule has 3 aromatic rings. The molecular weight excluding hydrogens is 399 g/mol. The van der Waals surface area contributed by atoms with Gasteiger partial charge >= 0.3 is 7.82 Å². The van der Waals surface area contributed by atoms with Crippen molar-refractivity contribution in [2.24, 2.45) is 0 Å². The Morgan fingerprint density at radius 2 is 2.10 bits per heavy atom. The first-order valence-corrected chi connectivity index (χ1v) is 10.4. The van der Waals surface area contributed by atoms with E-state index in [1.54, 1.807) is 41.8 Å². The number of aliphatic hydroxyl groups excluding tert-OH is 1. The lowest BCUT2D eigenvalue weighted by atomic mass is 9.97. The maximum absolute atomic E-state index is 12.2. The van der Waals surface area contributed by atoms with Gasteiger partial charge in [0.1, 0.15) is 29.3 Å². The Bertz CT molecular complexity index is 1060. The minimum Gasteiger partial charge on any atom is -0.404 e. The molecule has 0 spiro atoms. The maximum atomic E-state index is 12.2. The number of nitrogen functional groups attached to an aromatic ring is 1. The van der Waals surface area contributed by atoms with E-state index in [9.17, 15) is 14.6 Å². The molecule has 4 atom stereocenters. The number of para-hydroxylation sites is 1. The summed E-state index contributed by atoms with van der Waals surface area (Å²) in [5.74, 6) is 0.528. The topological polar surface area (TPSA) is 141 Å². The molecule has 1 fully saturated rings. The van der Waals surface area contributed by atoms with Crippen molar-refractivity contribution in [3.8, 4) is 5.75 Å². The second-order valence-electron chi connectivity index (χ2n) is 6.99. The van der Waals surface area contributed by atoms with Gasteiger partial charge < -0.3 is 20.1 Å². The molecule has 154 valence electrons. The van der Waals surface area contributed by atoms with Crippen LogP contribution >= 0.6 is 7.82 Å². The van der Waals surface area contributed by atoms with Crippen molar-refractivity contribution in [3.05, 3.63) is 54.5 Å². The molecule has 0 saturated carbocycles. The molecular formula is C18H21N4O6P. The highest BCUT2D eigenvalue weighted by Crippen LogP contribution is 2.46. The molecule has 0 aliphatic carbocycles. The lowest BCUT2D eigenvalue weighted by Gasteiger charge is -2.24. The zero-order chi connectivity index (χ0) is 20.6. The third kappa shape index (κ3) is 3.98. The van der Waals surface area contributed by atoms with Crippen molar-refractivity contribution in [2.45, 2.75) is 31.2 Å². The van der Waals surface area contributed by atoms with Crippen molar-refractivity contribution < 1.29 is 28.3 Å². The Balaban J connectivity index is 1.46. The van der Waals surface area contributed by atoms with Crippen LogP contribution in [0.3, 0.4) is 0 Å². The fourth-order valence-corrected chi connectivity index (χ4v) is 4.24. The minimum absolute atomic E-state index is 0.202. The summed E-state index contributed by atoms with van der Waals surface area (Å²) in [5, 5.41) is 14.7. The number of phosphoric acid groups is 1. The van der Waals surface area contributed by atoms with Crippen LogP contribution in [0.4, 0.5) is 5.82 Å². The van der Waals surface area contributed by atoms with Gasteiger partial charge in [0.25, 0.3) is 0 Å². The summed E-state index contributed by atoms with van der Waals surface area (Å²) >= 11 is 0. The summed E-state index contributed by atoms with van der Waals surface area (Å²) in [4.78, 5) is 13.9. The van der Waals surface area contributed by atoms with E-state index in [0.29, 0.717) is 17.0 Å². The first-order valence-electron chi connectivity index (χ1n) is 8.94. The third-order valence-corrected chi connectivity index (χ3v) is 5.75. The second kappa shape index (κ2) is 7.40. The number of ether oxygens (including phenoxy) is 1. The normalized spacial score (nSPS) is 26.4. The molecule has 1 saturated heterocycles. The number of aromatic nitrogens is 3. The van der Waals surface area contributed by atoms with Gasteiger partial charge in [0.2, 0.25) is 0 Å². The molecule has 29 heavy (non-hydrogen) atoms. The third-order valence-electron chi connectivity index (χ3n) is 4.83. The highest BCUT2D eigenvalue weighted by molar-refractivity contribution is 7.47. The smallest absolute Gasteiger partial charge is 0.404 e. The van der Waals surface area contributed by atoms with Crippen molar-refractivity contribution in [2.75, 3.05) is 12.3 Å². The van der Waals surface area contributed by atoms with Crippen LogP contribution in [0, 0.1) is 0 Å². The van der Waals surface area contributed by atoms with Gasteiger partial charge in [0.05, 0.1) is 18.4 Å². The molecule has 1 aliphatic heterocycles. The summed E-state index contributed by atoms with van der Waals surface area (Å²) in [5.41, 5.74) is 6.27. The molecule has 10 nitrogen and oxygen atoms in total. The monoisotopic (exact) mass is 420 g/mol. The average Bonchev–Trinajstić information content (AvgIpc) is 3.23. The van der Waals surface area contributed by atoms with Crippen molar-refractivity contribution in [1.29, 1.82) is 0 Å². The first kappa shape index (κ1) is 19.8. The lowest BCUT2D eigenvalue weighted by Crippen LogP contribution is -2.28. The summed E-state index contributed by atoms with van der Waals surface area (Å²) < 4.78 is 29.9. The van der Waals surface area contributed by atoms with Gasteiger partial charge in [0.15, 0.2) is 5.82 Å². The van der Waals surface area contributed by atoms with Crippen LogP contribution in [0.1, 0.15) is 19.0 Å². The number of hydrogen-bond donors (Lipinski definition) is 3. The van der Waals surface area contributed by atoms with Crippen LogP contribution in [0.2, 0.25) is 0 Å². The van der Waals surface area contributed by atoms with Crippen LogP contribution < -0.4 is 10.3 Å². The quantitative estimate of drug-likeness (QED) is 0.510. The minimum atomic E-state index is -4.37. The number of nitrogens with two attached hydrogens (primary N) is 1. The van der Waals surface area contributed by atoms with Crippen molar-refractivity contribution in [1.82, 2.24) is 14.6 Å². The van der Waals surface area contributed by atoms with Gasteiger partial charge in [-0.1, -0.05) is 18.2 Å². The SMILES string of the molecule is CC1(c2ccc3c(N)ncnn23)C[C@H](O)[C@@H](COP(=O)(O)Oc2ccccc2)O1. The van der Waals surface area contributed by atoms with E-state index in [2.05, 4.69) is 10.1 Å². The number of benzene rings is 1. The van der Waals surface area contributed by atoms with Gasteiger partial charge in [-0.2, -0.15) is 5.10 Å². The van der Waals surface area contributed by atoms with E-state index in [-0.39, 0.29) is 18.8 Å². The molecule has 1 aliphatic rings. The van der Waals surface area contributed by atoms with E-state index in [1.165, 1.54) is 18.5 Å². The predicted octanol–water partition coefficient (Wildman–Crippen LogP) is 1.87. The Morgan fingerprint density at radius 1 is 1.34 bits per heavy atom. The van der Waals surface area contributed by atoms with E-state index < -0.39 is 25.6 Å². The van der Waals surface area contributed by atoms with E-state index in [0.717, 1.165) is 0 Å². The number of rotatable bonds is 6. The number of hydrogen-bond acceptors (Lipinski definition) is 8. The number of aliphatic hydroxyl groups is 1. The number of fused-ring (bicyclic) bond motifs is 1. The maximum Gasteiger partial charge on any atom is 0.527 e. The molecule has 0 radical (unpaired) electrons. The number of nitrogens with zero attached hydrogens (tertiary/aromatic N) is 3. The zero-order valence-electron chi connectivity index (χ0n) is 15.6. The van der Waals surface area contributed by atoms with Crippen molar-refractivity contribution >= 4 is 19.2 Å². The van der Waals surface area contributed by atoms with Crippen LogP contribution in [-0.4, -0.2) is 43.4 Å². The van der Waals surface area contributed by atoms with E-state index >= 15 is 0 Å². The largest absolute Gasteiger partial charge is 0.527 e. The highest BCUT2D eigenvalue weighted by Gasteiger charge is 2.46. The molecule has 2 unspecified atom stereocenters. The van der Waals surface area contributed by atoms with Crippen LogP contribution in [-0.2, 0) is 19.4 Å².